The van der Waals surface area contributed by atoms with Crippen LogP contribution in [-0.4, -0.2) is 37.1 Å². The zero-order valence-electron chi connectivity index (χ0n) is 12.4. The second kappa shape index (κ2) is 6.98. The summed E-state index contributed by atoms with van der Waals surface area (Å²) < 4.78 is 11.1. The SMILES string of the molecule is CCNC(Cc1ccc2ccccc2n1)CC1OCCO1. The van der Waals surface area contributed by atoms with Gasteiger partial charge in [0.05, 0.1) is 18.7 Å². The van der Waals surface area contributed by atoms with Crippen molar-refractivity contribution in [2.75, 3.05) is 19.8 Å². The van der Waals surface area contributed by atoms with Crippen LogP contribution in [0.2, 0.25) is 0 Å². The van der Waals surface area contributed by atoms with Gasteiger partial charge in [0.25, 0.3) is 0 Å². The maximum absolute atomic E-state index is 5.56. The maximum atomic E-state index is 5.56. The van der Waals surface area contributed by atoms with E-state index in [1.165, 1.54) is 5.39 Å². The molecule has 1 aromatic carbocycles. The Labute approximate surface area is 125 Å². The fourth-order valence-corrected chi connectivity index (χ4v) is 2.78. The Morgan fingerprint density at radius 2 is 2.00 bits per heavy atom. The molecule has 4 nitrogen and oxygen atoms in total. The van der Waals surface area contributed by atoms with Crippen molar-refractivity contribution in [1.82, 2.24) is 10.3 Å². The van der Waals surface area contributed by atoms with Gasteiger partial charge in [0.15, 0.2) is 6.29 Å². The summed E-state index contributed by atoms with van der Waals surface area (Å²) in [6.07, 6.45) is 1.68. The summed E-state index contributed by atoms with van der Waals surface area (Å²) in [5, 5.41) is 4.69. The van der Waals surface area contributed by atoms with Gasteiger partial charge < -0.3 is 14.8 Å². The van der Waals surface area contributed by atoms with Crippen LogP contribution in [0.25, 0.3) is 10.9 Å². The average Bonchev–Trinajstić information content (AvgIpc) is 3.00. The highest BCUT2D eigenvalue weighted by atomic mass is 16.7. The van der Waals surface area contributed by atoms with E-state index in [4.69, 9.17) is 14.5 Å². The molecule has 1 unspecified atom stereocenters. The predicted octanol–water partition coefficient (Wildman–Crippen LogP) is 2.52. The topological polar surface area (TPSA) is 43.4 Å². The number of pyridine rings is 1. The van der Waals surface area contributed by atoms with Crippen LogP contribution < -0.4 is 5.32 Å². The van der Waals surface area contributed by atoms with Crippen molar-refractivity contribution in [2.45, 2.75) is 32.1 Å². The van der Waals surface area contributed by atoms with Crippen LogP contribution in [-0.2, 0) is 15.9 Å². The highest BCUT2D eigenvalue weighted by Crippen LogP contribution is 2.16. The van der Waals surface area contributed by atoms with Crippen molar-refractivity contribution in [3.8, 4) is 0 Å². The van der Waals surface area contributed by atoms with Crippen molar-refractivity contribution >= 4 is 10.9 Å². The molecule has 0 amide bonds. The number of likely N-dealkylation sites (N-methyl/N-ethyl adjacent to an activating group) is 1. The Morgan fingerprint density at radius 3 is 2.81 bits per heavy atom. The van der Waals surface area contributed by atoms with Gasteiger partial charge >= 0.3 is 0 Å². The standard InChI is InChI=1S/C17H22N2O2/c1-2-18-15(12-17-20-9-10-21-17)11-14-8-7-13-5-3-4-6-16(13)19-14/h3-8,15,17-18H,2,9-12H2,1H3. The number of fused-ring (bicyclic) bond motifs is 1. The molecule has 1 saturated heterocycles. The van der Waals surface area contributed by atoms with E-state index in [0.29, 0.717) is 19.3 Å². The van der Waals surface area contributed by atoms with E-state index in [-0.39, 0.29) is 6.29 Å². The first-order valence-corrected chi connectivity index (χ1v) is 7.66. The van der Waals surface area contributed by atoms with Crippen LogP contribution in [0.15, 0.2) is 36.4 Å². The lowest BCUT2D eigenvalue weighted by Crippen LogP contribution is -2.35. The van der Waals surface area contributed by atoms with Crippen LogP contribution in [0.4, 0.5) is 0 Å². The average molecular weight is 286 g/mol. The highest BCUT2D eigenvalue weighted by Gasteiger charge is 2.21. The lowest BCUT2D eigenvalue weighted by Gasteiger charge is -2.20. The molecule has 1 aromatic heterocycles. The van der Waals surface area contributed by atoms with Crippen molar-refractivity contribution in [3.05, 3.63) is 42.1 Å². The summed E-state index contributed by atoms with van der Waals surface area (Å²) in [6, 6.07) is 12.8. The Bertz CT molecular complexity index is 582. The van der Waals surface area contributed by atoms with Crippen LogP contribution in [0.5, 0.6) is 0 Å². The minimum atomic E-state index is -0.0745. The van der Waals surface area contributed by atoms with E-state index in [9.17, 15) is 0 Å². The Hall–Kier alpha value is -1.49. The molecule has 21 heavy (non-hydrogen) atoms. The van der Waals surface area contributed by atoms with Crippen LogP contribution in [0, 0.1) is 0 Å². The number of nitrogens with zero attached hydrogens (tertiary/aromatic N) is 1. The van der Waals surface area contributed by atoms with E-state index in [1.807, 2.05) is 12.1 Å². The van der Waals surface area contributed by atoms with Crippen LogP contribution >= 0.6 is 0 Å². The van der Waals surface area contributed by atoms with Crippen molar-refractivity contribution in [2.24, 2.45) is 0 Å². The van der Waals surface area contributed by atoms with Crippen molar-refractivity contribution in [1.29, 1.82) is 0 Å². The lowest BCUT2D eigenvalue weighted by molar-refractivity contribution is -0.0526. The molecule has 1 fully saturated rings. The van der Waals surface area contributed by atoms with E-state index in [2.05, 4.69) is 36.5 Å². The fraction of sp³-hybridized carbons (Fsp3) is 0.471. The molecule has 0 radical (unpaired) electrons. The largest absolute Gasteiger partial charge is 0.350 e. The van der Waals surface area contributed by atoms with Gasteiger partial charge in [0.1, 0.15) is 0 Å². The molecule has 0 aliphatic carbocycles. The molecule has 2 heterocycles. The first-order chi connectivity index (χ1) is 10.3. The van der Waals surface area contributed by atoms with Crippen molar-refractivity contribution < 1.29 is 9.47 Å². The molecule has 1 N–H and O–H groups in total. The van der Waals surface area contributed by atoms with Gasteiger partial charge in [-0.3, -0.25) is 4.98 Å². The van der Waals surface area contributed by atoms with Gasteiger partial charge in [-0.1, -0.05) is 31.2 Å². The normalized spacial score (nSPS) is 17.4. The summed E-state index contributed by atoms with van der Waals surface area (Å²) >= 11 is 0. The van der Waals surface area contributed by atoms with E-state index >= 15 is 0 Å². The van der Waals surface area contributed by atoms with E-state index < -0.39 is 0 Å². The zero-order chi connectivity index (χ0) is 14.5. The molecule has 2 aromatic rings. The van der Waals surface area contributed by atoms with Gasteiger partial charge in [-0.25, -0.2) is 0 Å². The monoisotopic (exact) mass is 286 g/mol. The molecule has 1 aliphatic rings. The Balaban J connectivity index is 1.70. The Morgan fingerprint density at radius 1 is 1.19 bits per heavy atom. The maximum Gasteiger partial charge on any atom is 0.159 e. The highest BCUT2D eigenvalue weighted by molar-refractivity contribution is 5.78. The minimum Gasteiger partial charge on any atom is -0.350 e. The number of rotatable bonds is 6. The molecule has 0 spiro atoms. The van der Waals surface area contributed by atoms with Gasteiger partial charge in [-0.05, 0) is 18.7 Å². The summed E-state index contributed by atoms with van der Waals surface area (Å²) in [5.41, 5.74) is 2.16. The molecule has 4 heteroatoms. The zero-order valence-corrected chi connectivity index (χ0v) is 12.4. The van der Waals surface area contributed by atoms with Gasteiger partial charge in [0.2, 0.25) is 0 Å². The third-order valence-corrected chi connectivity index (χ3v) is 3.77. The summed E-state index contributed by atoms with van der Waals surface area (Å²) in [6.45, 7) is 4.47. The number of aromatic nitrogens is 1. The lowest BCUT2D eigenvalue weighted by atomic mass is 10.1. The predicted molar refractivity (Wildman–Crippen MR) is 83.2 cm³/mol. The third kappa shape index (κ3) is 3.79. The van der Waals surface area contributed by atoms with Crippen LogP contribution in [0.1, 0.15) is 19.0 Å². The first kappa shape index (κ1) is 14.4. The second-order valence-electron chi connectivity index (χ2n) is 5.36. The van der Waals surface area contributed by atoms with E-state index in [1.54, 1.807) is 0 Å². The number of ether oxygens (including phenoxy) is 2. The molecule has 1 aliphatic heterocycles. The van der Waals surface area contributed by atoms with E-state index in [0.717, 1.165) is 30.6 Å². The third-order valence-electron chi connectivity index (χ3n) is 3.77. The van der Waals surface area contributed by atoms with Gasteiger partial charge in [-0.2, -0.15) is 0 Å². The summed E-state index contributed by atoms with van der Waals surface area (Å²) in [7, 11) is 0. The molecular weight excluding hydrogens is 264 g/mol. The van der Waals surface area contributed by atoms with Gasteiger partial charge in [-0.15, -0.1) is 0 Å². The smallest absolute Gasteiger partial charge is 0.159 e. The molecular formula is C17H22N2O2. The number of nitrogens with one attached hydrogen (secondary N) is 1. The number of hydrogen-bond donors (Lipinski definition) is 1. The number of benzene rings is 1. The molecule has 3 rings (SSSR count). The van der Waals surface area contributed by atoms with Crippen molar-refractivity contribution in [3.63, 3.8) is 0 Å². The quantitative estimate of drug-likeness (QED) is 0.886. The molecule has 112 valence electrons. The minimum absolute atomic E-state index is 0.0745. The summed E-state index contributed by atoms with van der Waals surface area (Å²) in [4.78, 5) is 4.75. The number of para-hydroxylation sites is 1. The summed E-state index contributed by atoms with van der Waals surface area (Å²) in [5.74, 6) is 0. The molecule has 0 saturated carbocycles. The van der Waals surface area contributed by atoms with Gasteiger partial charge in [0, 0.05) is 30.0 Å². The fourth-order valence-electron chi connectivity index (χ4n) is 2.78. The molecule has 1 atom stereocenters. The molecule has 0 bridgehead atoms. The first-order valence-electron chi connectivity index (χ1n) is 7.66. The number of hydrogen-bond acceptors (Lipinski definition) is 4. The Kier molecular flexibility index (Phi) is 4.80. The second-order valence-corrected chi connectivity index (χ2v) is 5.36. The van der Waals surface area contributed by atoms with Crippen LogP contribution in [0.3, 0.4) is 0 Å².